The molecule has 1 nitrogen and oxygen atoms in total. The number of hydrogen-bond donors (Lipinski definition) is 0. The molecule has 0 spiro atoms. The van der Waals surface area contributed by atoms with Crippen LogP contribution in [0.5, 0.6) is 0 Å². The van der Waals surface area contributed by atoms with E-state index in [1.165, 1.54) is 15.3 Å². The van der Waals surface area contributed by atoms with Crippen LogP contribution in [0.1, 0.15) is 27.1 Å². The van der Waals surface area contributed by atoms with Gasteiger partial charge < -0.3 is 0 Å². The lowest BCUT2D eigenvalue weighted by molar-refractivity contribution is 0.964. The van der Waals surface area contributed by atoms with Gasteiger partial charge in [-0.2, -0.15) is 0 Å². The maximum absolute atomic E-state index is 4.03. The molecule has 0 saturated heterocycles. The summed E-state index contributed by atoms with van der Waals surface area (Å²) in [6.07, 6.45) is 5.84. The Hall–Kier alpha value is -0.670. The lowest BCUT2D eigenvalue weighted by Gasteiger charge is -2.07. The quantitative estimate of drug-likeness (QED) is 0.763. The zero-order valence-electron chi connectivity index (χ0n) is 9.19. The van der Waals surface area contributed by atoms with E-state index in [1.807, 2.05) is 23.7 Å². The van der Waals surface area contributed by atoms with E-state index in [9.17, 15) is 0 Å². The minimum Gasteiger partial charge on any atom is -0.265 e. The Bertz CT molecular complexity index is 438. The van der Waals surface area contributed by atoms with Crippen molar-refractivity contribution in [2.24, 2.45) is 0 Å². The van der Waals surface area contributed by atoms with Gasteiger partial charge in [0.05, 0.1) is 4.83 Å². The van der Waals surface area contributed by atoms with Gasteiger partial charge in [-0.25, -0.2) is 0 Å². The fourth-order valence-corrected chi connectivity index (χ4v) is 3.32. The minimum atomic E-state index is 0.417. The summed E-state index contributed by atoms with van der Waals surface area (Å²) in [6, 6.07) is 8.59. The van der Waals surface area contributed by atoms with E-state index in [4.69, 9.17) is 0 Å². The highest BCUT2D eigenvalue weighted by Crippen LogP contribution is 2.32. The zero-order valence-corrected chi connectivity index (χ0v) is 11.6. The van der Waals surface area contributed by atoms with Crippen molar-refractivity contribution in [1.82, 2.24) is 4.98 Å². The standard InChI is InChI=1S/C13H14BrNS/c1-2-11-3-4-13(16-11)12(14)9-10-5-7-15-8-6-10/h3-8,12H,2,9H2,1H3. The average Bonchev–Trinajstić information content (AvgIpc) is 2.79. The van der Waals surface area contributed by atoms with Gasteiger partial charge in [0, 0.05) is 22.1 Å². The van der Waals surface area contributed by atoms with Gasteiger partial charge in [-0.15, -0.1) is 11.3 Å². The SMILES string of the molecule is CCc1ccc(C(Br)Cc2ccncc2)s1. The summed E-state index contributed by atoms with van der Waals surface area (Å²) in [5, 5.41) is 0. The summed E-state index contributed by atoms with van der Waals surface area (Å²) in [4.78, 5) is 7.31. The van der Waals surface area contributed by atoms with Gasteiger partial charge in [-0.3, -0.25) is 4.98 Å². The molecule has 0 amide bonds. The van der Waals surface area contributed by atoms with E-state index in [0.717, 1.165) is 12.8 Å². The Morgan fingerprint density at radius 2 is 2.00 bits per heavy atom. The molecule has 1 unspecified atom stereocenters. The van der Waals surface area contributed by atoms with Gasteiger partial charge in [0.1, 0.15) is 0 Å². The second kappa shape index (κ2) is 5.60. The number of aromatic nitrogens is 1. The van der Waals surface area contributed by atoms with Crippen LogP contribution in [0.2, 0.25) is 0 Å². The molecule has 2 aromatic rings. The predicted molar refractivity (Wildman–Crippen MR) is 73.3 cm³/mol. The third-order valence-electron chi connectivity index (χ3n) is 2.50. The molecule has 0 radical (unpaired) electrons. The van der Waals surface area contributed by atoms with Crippen molar-refractivity contribution in [3.63, 3.8) is 0 Å². The molecular weight excluding hydrogens is 282 g/mol. The van der Waals surface area contributed by atoms with Crippen LogP contribution in [-0.2, 0) is 12.8 Å². The normalized spacial score (nSPS) is 12.6. The van der Waals surface area contributed by atoms with E-state index in [0.29, 0.717) is 4.83 Å². The van der Waals surface area contributed by atoms with E-state index in [1.54, 1.807) is 0 Å². The second-order valence-electron chi connectivity index (χ2n) is 3.68. The van der Waals surface area contributed by atoms with E-state index in [2.05, 4.69) is 52.1 Å². The van der Waals surface area contributed by atoms with Crippen molar-refractivity contribution in [1.29, 1.82) is 0 Å². The Morgan fingerprint density at radius 3 is 2.62 bits per heavy atom. The number of thiophene rings is 1. The molecule has 3 heteroatoms. The third-order valence-corrected chi connectivity index (χ3v) is 4.97. The second-order valence-corrected chi connectivity index (χ2v) is 5.99. The van der Waals surface area contributed by atoms with Gasteiger partial charge in [0.25, 0.3) is 0 Å². The fraction of sp³-hybridized carbons (Fsp3) is 0.308. The minimum absolute atomic E-state index is 0.417. The van der Waals surface area contributed by atoms with Crippen molar-refractivity contribution in [3.05, 3.63) is 52.0 Å². The number of pyridine rings is 1. The Labute approximate surface area is 109 Å². The van der Waals surface area contributed by atoms with Crippen LogP contribution in [0.4, 0.5) is 0 Å². The molecule has 84 valence electrons. The number of aryl methyl sites for hydroxylation is 1. The number of alkyl halides is 1. The van der Waals surface area contributed by atoms with Gasteiger partial charge in [-0.1, -0.05) is 22.9 Å². The van der Waals surface area contributed by atoms with Crippen molar-refractivity contribution >= 4 is 27.3 Å². The topological polar surface area (TPSA) is 12.9 Å². The molecular formula is C13H14BrNS. The highest BCUT2D eigenvalue weighted by molar-refractivity contribution is 9.09. The van der Waals surface area contributed by atoms with Crippen molar-refractivity contribution in [2.75, 3.05) is 0 Å². The van der Waals surface area contributed by atoms with Crippen LogP contribution in [0, 0.1) is 0 Å². The van der Waals surface area contributed by atoms with Gasteiger partial charge in [0.2, 0.25) is 0 Å². The molecule has 0 fully saturated rings. The van der Waals surface area contributed by atoms with E-state index in [-0.39, 0.29) is 0 Å². The number of rotatable bonds is 4. The molecule has 2 heterocycles. The first-order valence-electron chi connectivity index (χ1n) is 5.41. The first kappa shape index (κ1) is 11.8. The molecule has 0 aliphatic carbocycles. The van der Waals surface area contributed by atoms with Crippen LogP contribution in [-0.4, -0.2) is 4.98 Å². The molecule has 0 aromatic carbocycles. The molecule has 0 bridgehead atoms. The number of halogens is 1. The summed E-state index contributed by atoms with van der Waals surface area (Å²) in [5.74, 6) is 0. The fourth-order valence-electron chi connectivity index (χ4n) is 1.58. The molecule has 0 N–H and O–H groups in total. The summed E-state index contributed by atoms with van der Waals surface area (Å²) in [6.45, 7) is 2.20. The zero-order chi connectivity index (χ0) is 11.4. The van der Waals surface area contributed by atoms with E-state index < -0.39 is 0 Å². The van der Waals surface area contributed by atoms with E-state index >= 15 is 0 Å². The van der Waals surface area contributed by atoms with Crippen LogP contribution in [0.3, 0.4) is 0 Å². The maximum atomic E-state index is 4.03. The van der Waals surface area contributed by atoms with Crippen molar-refractivity contribution < 1.29 is 0 Å². The highest BCUT2D eigenvalue weighted by atomic mass is 79.9. The average molecular weight is 296 g/mol. The van der Waals surface area contributed by atoms with Gasteiger partial charge in [-0.05, 0) is 42.7 Å². The largest absolute Gasteiger partial charge is 0.265 e. The summed E-state index contributed by atoms with van der Waals surface area (Å²) < 4.78 is 0. The first-order chi connectivity index (χ1) is 7.79. The highest BCUT2D eigenvalue weighted by Gasteiger charge is 2.10. The molecule has 0 saturated carbocycles. The van der Waals surface area contributed by atoms with Crippen LogP contribution in [0.15, 0.2) is 36.7 Å². The Morgan fingerprint density at radius 1 is 1.25 bits per heavy atom. The van der Waals surface area contributed by atoms with Crippen LogP contribution < -0.4 is 0 Å². The first-order valence-corrected chi connectivity index (χ1v) is 7.14. The third kappa shape index (κ3) is 2.92. The lowest BCUT2D eigenvalue weighted by atomic mass is 10.1. The Balaban J connectivity index is 2.05. The molecule has 16 heavy (non-hydrogen) atoms. The maximum Gasteiger partial charge on any atom is 0.0529 e. The molecule has 2 rings (SSSR count). The summed E-state index contributed by atoms with van der Waals surface area (Å²) in [7, 11) is 0. The molecule has 2 aromatic heterocycles. The van der Waals surface area contributed by atoms with Crippen LogP contribution >= 0.6 is 27.3 Å². The molecule has 0 aliphatic heterocycles. The van der Waals surface area contributed by atoms with Crippen molar-refractivity contribution in [2.45, 2.75) is 24.6 Å². The predicted octanol–water partition coefficient (Wildman–Crippen LogP) is 4.38. The number of hydrogen-bond acceptors (Lipinski definition) is 2. The summed E-state index contributed by atoms with van der Waals surface area (Å²) >= 11 is 5.65. The Kier molecular flexibility index (Phi) is 4.13. The molecule has 0 aliphatic rings. The monoisotopic (exact) mass is 295 g/mol. The number of nitrogens with zero attached hydrogens (tertiary/aromatic N) is 1. The smallest absolute Gasteiger partial charge is 0.0529 e. The van der Waals surface area contributed by atoms with Gasteiger partial charge in [0.15, 0.2) is 0 Å². The van der Waals surface area contributed by atoms with Crippen molar-refractivity contribution in [3.8, 4) is 0 Å². The van der Waals surface area contributed by atoms with Crippen LogP contribution in [0.25, 0.3) is 0 Å². The van der Waals surface area contributed by atoms with Gasteiger partial charge >= 0.3 is 0 Å². The lowest BCUT2D eigenvalue weighted by Crippen LogP contribution is -1.92. The molecule has 1 atom stereocenters. The summed E-state index contributed by atoms with van der Waals surface area (Å²) in [5.41, 5.74) is 1.32.